The fourth-order valence-electron chi connectivity index (χ4n) is 2.68. The van der Waals surface area contributed by atoms with Gasteiger partial charge in [-0.3, -0.25) is 9.78 Å². The summed E-state index contributed by atoms with van der Waals surface area (Å²) >= 11 is 0. The smallest absolute Gasteiger partial charge is 0.239 e. The van der Waals surface area contributed by atoms with E-state index in [4.69, 9.17) is 4.74 Å². The summed E-state index contributed by atoms with van der Waals surface area (Å²) in [6.07, 6.45) is 5.85. The molecule has 0 bridgehead atoms. The van der Waals surface area contributed by atoms with Crippen molar-refractivity contribution in [3.63, 3.8) is 0 Å². The molecule has 0 spiro atoms. The highest BCUT2D eigenvalue weighted by Gasteiger charge is 2.18. The molecule has 1 aromatic heterocycles. The van der Waals surface area contributed by atoms with Gasteiger partial charge in [-0.15, -0.1) is 0 Å². The van der Waals surface area contributed by atoms with E-state index in [-0.39, 0.29) is 11.7 Å². The largest absolute Gasteiger partial charge is 0.437 e. The van der Waals surface area contributed by atoms with Gasteiger partial charge in [0.1, 0.15) is 11.6 Å². The van der Waals surface area contributed by atoms with Gasteiger partial charge in [-0.1, -0.05) is 0 Å². The van der Waals surface area contributed by atoms with Gasteiger partial charge in [-0.2, -0.15) is 4.98 Å². The first kappa shape index (κ1) is 17.1. The lowest BCUT2D eigenvalue weighted by atomic mass is 10.1. The van der Waals surface area contributed by atoms with Crippen LogP contribution in [0.4, 0.5) is 10.2 Å². The van der Waals surface area contributed by atoms with E-state index >= 15 is 0 Å². The van der Waals surface area contributed by atoms with E-state index in [1.54, 1.807) is 6.20 Å². The molecule has 0 aliphatic carbocycles. The zero-order chi connectivity index (χ0) is 17.6. The Balaban J connectivity index is 1.60. The van der Waals surface area contributed by atoms with E-state index in [0.29, 0.717) is 37.0 Å². The standard InChI is InChI=1S/C18H21FN4O2/c1-22(10-11-23-9-3-2-4-18(23)24)16-12-20-13-17(21-16)25-15-7-5-14(19)6-8-15/h5-8,12-13H,2-4,9-11H2,1H3. The van der Waals surface area contributed by atoms with Crippen LogP contribution in [-0.4, -0.2) is 47.5 Å². The van der Waals surface area contributed by atoms with Gasteiger partial charge < -0.3 is 14.5 Å². The van der Waals surface area contributed by atoms with Crippen molar-refractivity contribution < 1.29 is 13.9 Å². The average Bonchev–Trinajstić information content (AvgIpc) is 2.63. The van der Waals surface area contributed by atoms with Crippen LogP contribution in [0.5, 0.6) is 11.6 Å². The Kier molecular flexibility index (Phi) is 5.42. The molecule has 1 fully saturated rings. The monoisotopic (exact) mass is 344 g/mol. The van der Waals surface area contributed by atoms with E-state index in [9.17, 15) is 9.18 Å². The fourth-order valence-corrected chi connectivity index (χ4v) is 2.68. The highest BCUT2D eigenvalue weighted by molar-refractivity contribution is 5.76. The molecule has 0 saturated carbocycles. The predicted molar refractivity (Wildman–Crippen MR) is 92.2 cm³/mol. The Morgan fingerprint density at radius 2 is 2.04 bits per heavy atom. The number of likely N-dealkylation sites (N-methyl/N-ethyl adjacent to an activating group) is 1. The zero-order valence-corrected chi connectivity index (χ0v) is 14.2. The lowest BCUT2D eigenvalue weighted by Crippen LogP contribution is -2.40. The number of piperidine rings is 1. The average molecular weight is 344 g/mol. The molecule has 1 aliphatic heterocycles. The number of rotatable bonds is 6. The Bertz CT molecular complexity index is 723. The molecular formula is C18H21FN4O2. The molecule has 1 saturated heterocycles. The third kappa shape index (κ3) is 4.65. The first-order valence-electron chi connectivity index (χ1n) is 8.36. The van der Waals surface area contributed by atoms with Crippen LogP contribution >= 0.6 is 0 Å². The van der Waals surface area contributed by atoms with E-state index in [0.717, 1.165) is 19.4 Å². The first-order chi connectivity index (χ1) is 12.1. The summed E-state index contributed by atoms with van der Waals surface area (Å²) in [6, 6.07) is 5.73. The molecule has 1 amide bonds. The predicted octanol–water partition coefficient (Wildman–Crippen LogP) is 2.86. The number of carbonyl (C=O) groups is 1. The second-order valence-electron chi connectivity index (χ2n) is 6.03. The Morgan fingerprint density at radius 3 is 2.80 bits per heavy atom. The molecule has 1 aliphatic rings. The van der Waals surface area contributed by atoms with Gasteiger partial charge in [0, 0.05) is 33.1 Å². The third-order valence-corrected chi connectivity index (χ3v) is 4.15. The molecule has 2 heterocycles. The van der Waals surface area contributed by atoms with Crippen LogP contribution in [0.25, 0.3) is 0 Å². The summed E-state index contributed by atoms with van der Waals surface area (Å²) in [5.41, 5.74) is 0. The molecule has 2 aromatic rings. The quantitative estimate of drug-likeness (QED) is 0.806. The van der Waals surface area contributed by atoms with Crippen molar-refractivity contribution in [1.82, 2.24) is 14.9 Å². The molecule has 0 unspecified atom stereocenters. The number of amides is 1. The lowest BCUT2D eigenvalue weighted by Gasteiger charge is -2.29. The molecule has 132 valence electrons. The summed E-state index contributed by atoms with van der Waals surface area (Å²) in [5, 5.41) is 0. The summed E-state index contributed by atoms with van der Waals surface area (Å²) < 4.78 is 18.5. The molecule has 7 heteroatoms. The topological polar surface area (TPSA) is 58.6 Å². The Labute approximate surface area is 146 Å². The van der Waals surface area contributed by atoms with E-state index in [2.05, 4.69) is 9.97 Å². The highest BCUT2D eigenvalue weighted by Crippen LogP contribution is 2.21. The van der Waals surface area contributed by atoms with Crippen LogP contribution in [0.15, 0.2) is 36.7 Å². The summed E-state index contributed by atoms with van der Waals surface area (Å²) in [4.78, 5) is 24.3. The van der Waals surface area contributed by atoms with Gasteiger partial charge in [-0.25, -0.2) is 4.39 Å². The number of likely N-dealkylation sites (tertiary alicyclic amines) is 1. The molecule has 0 atom stereocenters. The number of carbonyl (C=O) groups excluding carboxylic acids is 1. The van der Waals surface area contributed by atoms with E-state index < -0.39 is 0 Å². The summed E-state index contributed by atoms with van der Waals surface area (Å²) in [6.45, 7) is 2.16. The fraction of sp³-hybridized carbons (Fsp3) is 0.389. The number of anilines is 1. The van der Waals surface area contributed by atoms with Crippen LogP contribution in [0, 0.1) is 5.82 Å². The van der Waals surface area contributed by atoms with Gasteiger partial charge in [0.05, 0.1) is 12.4 Å². The molecular weight excluding hydrogens is 323 g/mol. The Morgan fingerprint density at radius 1 is 1.24 bits per heavy atom. The maximum atomic E-state index is 12.9. The maximum absolute atomic E-state index is 12.9. The molecule has 0 radical (unpaired) electrons. The van der Waals surface area contributed by atoms with E-state index in [1.165, 1.54) is 30.5 Å². The van der Waals surface area contributed by atoms with Gasteiger partial charge >= 0.3 is 0 Å². The van der Waals surface area contributed by atoms with Crippen molar-refractivity contribution in [2.45, 2.75) is 19.3 Å². The number of benzene rings is 1. The minimum Gasteiger partial charge on any atom is -0.437 e. The normalized spacial score (nSPS) is 14.5. The number of hydrogen-bond donors (Lipinski definition) is 0. The van der Waals surface area contributed by atoms with Crippen molar-refractivity contribution >= 4 is 11.7 Å². The van der Waals surface area contributed by atoms with Crippen molar-refractivity contribution in [1.29, 1.82) is 0 Å². The van der Waals surface area contributed by atoms with Gasteiger partial charge in [-0.05, 0) is 37.1 Å². The molecule has 6 nitrogen and oxygen atoms in total. The number of halogens is 1. The van der Waals surface area contributed by atoms with Crippen LogP contribution in [0.2, 0.25) is 0 Å². The van der Waals surface area contributed by atoms with E-state index in [1.807, 2.05) is 16.8 Å². The van der Waals surface area contributed by atoms with Crippen molar-refractivity contribution in [3.05, 3.63) is 42.5 Å². The summed E-state index contributed by atoms with van der Waals surface area (Å²) in [5.74, 6) is 1.39. The highest BCUT2D eigenvalue weighted by atomic mass is 19.1. The first-order valence-corrected chi connectivity index (χ1v) is 8.36. The summed E-state index contributed by atoms with van der Waals surface area (Å²) in [7, 11) is 1.90. The number of nitrogens with zero attached hydrogens (tertiary/aromatic N) is 4. The molecule has 1 aromatic carbocycles. The minimum absolute atomic E-state index is 0.221. The SMILES string of the molecule is CN(CCN1CCCCC1=O)c1cncc(Oc2ccc(F)cc2)n1. The third-order valence-electron chi connectivity index (χ3n) is 4.15. The number of ether oxygens (including phenoxy) is 1. The molecule has 0 N–H and O–H groups in total. The number of aromatic nitrogens is 2. The molecule has 3 rings (SSSR count). The van der Waals surface area contributed by atoms with Gasteiger partial charge in [0.15, 0.2) is 5.82 Å². The zero-order valence-electron chi connectivity index (χ0n) is 14.2. The van der Waals surface area contributed by atoms with Gasteiger partial charge in [0.25, 0.3) is 0 Å². The number of hydrogen-bond acceptors (Lipinski definition) is 5. The van der Waals surface area contributed by atoms with Crippen LogP contribution in [0.3, 0.4) is 0 Å². The second kappa shape index (κ2) is 7.92. The van der Waals surface area contributed by atoms with Crippen molar-refractivity contribution in [3.8, 4) is 11.6 Å². The van der Waals surface area contributed by atoms with Crippen LogP contribution < -0.4 is 9.64 Å². The van der Waals surface area contributed by atoms with Crippen LogP contribution in [0.1, 0.15) is 19.3 Å². The molecule has 25 heavy (non-hydrogen) atoms. The van der Waals surface area contributed by atoms with Gasteiger partial charge in [0.2, 0.25) is 11.8 Å². The lowest BCUT2D eigenvalue weighted by molar-refractivity contribution is -0.133. The minimum atomic E-state index is -0.320. The Hall–Kier alpha value is -2.70. The maximum Gasteiger partial charge on any atom is 0.239 e. The van der Waals surface area contributed by atoms with Crippen molar-refractivity contribution in [2.75, 3.05) is 31.6 Å². The van der Waals surface area contributed by atoms with Crippen molar-refractivity contribution in [2.24, 2.45) is 0 Å². The second-order valence-corrected chi connectivity index (χ2v) is 6.03. The van der Waals surface area contributed by atoms with Crippen LogP contribution in [-0.2, 0) is 4.79 Å².